The number of nitrogens with zero attached hydrogens (tertiary/aromatic N) is 2. The van der Waals surface area contributed by atoms with Crippen molar-refractivity contribution in [3.05, 3.63) is 28.4 Å². The van der Waals surface area contributed by atoms with Gasteiger partial charge in [0.15, 0.2) is 0 Å². The van der Waals surface area contributed by atoms with E-state index in [2.05, 4.69) is 20.9 Å². The zero-order valence-electron chi connectivity index (χ0n) is 17.8. The maximum Gasteiger partial charge on any atom is 0.287 e. The lowest BCUT2D eigenvalue weighted by Crippen LogP contribution is -2.46. The largest absolute Gasteiger partial charge is 0.392 e. The average molecular weight is 437 g/mol. The number of amides is 2. The smallest absolute Gasteiger partial charge is 0.287 e. The number of aliphatic hydroxyl groups excluding tert-OH is 1. The molecule has 1 aliphatic rings. The molecule has 0 saturated heterocycles. The van der Waals surface area contributed by atoms with E-state index in [1.807, 2.05) is 0 Å². The number of carbonyl (C=O) groups excluding carboxylic acids is 2. The molecule has 11 heteroatoms. The van der Waals surface area contributed by atoms with E-state index in [0.29, 0.717) is 31.7 Å². The number of nitrogens with two attached hydrogens (primary N) is 1. The Morgan fingerprint density at radius 1 is 1.35 bits per heavy atom. The fraction of sp³-hybridized carbons (Fsp3) is 0.650. The van der Waals surface area contributed by atoms with Crippen molar-refractivity contribution in [2.45, 2.75) is 63.6 Å². The number of pyridine rings is 1. The van der Waals surface area contributed by atoms with Crippen LogP contribution in [0.25, 0.3) is 0 Å². The minimum Gasteiger partial charge on any atom is -0.392 e. The fourth-order valence-corrected chi connectivity index (χ4v) is 3.66. The Kier molecular flexibility index (Phi) is 9.60. The van der Waals surface area contributed by atoms with Gasteiger partial charge in [-0.15, -0.1) is 0 Å². The molecule has 1 heterocycles. The first-order chi connectivity index (χ1) is 14.8. The molecule has 2 amide bonds. The molecule has 0 bridgehead atoms. The van der Waals surface area contributed by atoms with E-state index in [4.69, 9.17) is 5.73 Å². The lowest BCUT2D eigenvalue weighted by Gasteiger charge is -2.32. The van der Waals surface area contributed by atoms with Crippen LogP contribution < -0.4 is 21.7 Å². The molecular weight excluding hydrogens is 404 g/mol. The second kappa shape index (κ2) is 12.2. The number of carbonyl (C=O) groups is 2. The van der Waals surface area contributed by atoms with E-state index in [1.165, 1.54) is 12.1 Å². The van der Waals surface area contributed by atoms with Crippen LogP contribution in [0.1, 0.15) is 45.4 Å². The second-order valence-corrected chi connectivity index (χ2v) is 7.89. The van der Waals surface area contributed by atoms with Gasteiger partial charge in [-0.1, -0.05) is 6.42 Å². The molecule has 2 unspecified atom stereocenters. The van der Waals surface area contributed by atoms with Gasteiger partial charge in [-0.3, -0.25) is 19.7 Å². The summed E-state index contributed by atoms with van der Waals surface area (Å²) in [6.07, 6.45) is 5.13. The van der Waals surface area contributed by atoms with Gasteiger partial charge in [-0.2, -0.15) is 0 Å². The summed E-state index contributed by atoms with van der Waals surface area (Å²) in [4.78, 5) is 38.2. The highest BCUT2D eigenvalue weighted by Gasteiger charge is 2.28. The number of nitro groups is 1. The van der Waals surface area contributed by atoms with E-state index in [9.17, 15) is 24.8 Å². The molecule has 1 aromatic rings. The minimum atomic E-state index is -0.663. The Bertz CT molecular complexity index is 744. The lowest BCUT2D eigenvalue weighted by atomic mass is 9.80. The topological polar surface area (TPSA) is 173 Å². The Morgan fingerprint density at radius 2 is 2.13 bits per heavy atom. The maximum absolute atomic E-state index is 12.1. The van der Waals surface area contributed by atoms with Gasteiger partial charge in [0.2, 0.25) is 11.8 Å². The van der Waals surface area contributed by atoms with Crippen molar-refractivity contribution in [1.82, 2.24) is 15.6 Å². The predicted octanol–water partition coefficient (Wildman–Crippen LogP) is 0.681. The highest BCUT2D eigenvalue weighted by Crippen LogP contribution is 2.27. The van der Waals surface area contributed by atoms with Gasteiger partial charge in [0.25, 0.3) is 5.69 Å². The molecule has 11 nitrogen and oxygen atoms in total. The molecule has 1 aromatic heterocycles. The molecule has 1 fully saturated rings. The van der Waals surface area contributed by atoms with Crippen LogP contribution >= 0.6 is 0 Å². The van der Waals surface area contributed by atoms with Gasteiger partial charge < -0.3 is 26.8 Å². The molecule has 0 aromatic carbocycles. The van der Waals surface area contributed by atoms with Crippen LogP contribution in [0.4, 0.5) is 11.5 Å². The summed E-state index contributed by atoms with van der Waals surface area (Å²) in [5, 5.41) is 28.8. The summed E-state index contributed by atoms with van der Waals surface area (Å²) in [6, 6.07) is 1.94. The summed E-state index contributed by atoms with van der Waals surface area (Å²) in [5.74, 6) is 0.200. The molecule has 0 spiro atoms. The molecule has 4 atom stereocenters. The van der Waals surface area contributed by atoms with Crippen molar-refractivity contribution < 1.29 is 19.6 Å². The molecule has 31 heavy (non-hydrogen) atoms. The van der Waals surface area contributed by atoms with Gasteiger partial charge in [0.1, 0.15) is 18.1 Å². The number of hydrogen-bond acceptors (Lipinski definition) is 8. The number of anilines is 1. The summed E-state index contributed by atoms with van der Waals surface area (Å²) < 4.78 is 0. The molecule has 6 N–H and O–H groups in total. The van der Waals surface area contributed by atoms with Crippen LogP contribution in [0.2, 0.25) is 0 Å². The number of aromatic nitrogens is 1. The normalized spacial score (nSPS) is 21.7. The summed E-state index contributed by atoms with van der Waals surface area (Å²) in [5.41, 5.74) is 5.94. The number of nitrogens with one attached hydrogen (secondary N) is 3. The van der Waals surface area contributed by atoms with Crippen molar-refractivity contribution in [2.24, 2.45) is 11.7 Å². The Hall–Kier alpha value is -2.79. The van der Waals surface area contributed by atoms with Crippen molar-refractivity contribution >= 4 is 23.3 Å². The summed E-state index contributed by atoms with van der Waals surface area (Å²) >= 11 is 0. The van der Waals surface area contributed by atoms with Crippen LogP contribution in [-0.4, -0.2) is 58.1 Å². The van der Waals surface area contributed by atoms with Gasteiger partial charge in [0, 0.05) is 31.6 Å². The van der Waals surface area contributed by atoms with E-state index in [-0.39, 0.29) is 29.5 Å². The fourth-order valence-electron chi connectivity index (χ4n) is 3.66. The number of rotatable bonds is 11. The third kappa shape index (κ3) is 8.10. The number of hydrogen-bond donors (Lipinski definition) is 5. The third-order valence-electron chi connectivity index (χ3n) is 5.50. The van der Waals surface area contributed by atoms with Crippen LogP contribution in [0.5, 0.6) is 0 Å². The monoisotopic (exact) mass is 436 g/mol. The Morgan fingerprint density at radius 3 is 2.81 bits per heavy atom. The molecule has 172 valence electrons. The summed E-state index contributed by atoms with van der Waals surface area (Å²) in [6.45, 7) is 2.30. The zero-order chi connectivity index (χ0) is 22.8. The molecule has 1 aliphatic carbocycles. The Labute approximate surface area is 181 Å². The van der Waals surface area contributed by atoms with E-state index in [0.717, 1.165) is 31.9 Å². The average Bonchev–Trinajstić information content (AvgIpc) is 2.74. The predicted molar refractivity (Wildman–Crippen MR) is 115 cm³/mol. The van der Waals surface area contributed by atoms with Gasteiger partial charge >= 0.3 is 0 Å². The van der Waals surface area contributed by atoms with Crippen LogP contribution in [-0.2, 0) is 9.59 Å². The highest BCUT2D eigenvalue weighted by molar-refractivity contribution is 5.87. The van der Waals surface area contributed by atoms with Crippen molar-refractivity contribution in [1.29, 1.82) is 0 Å². The quantitative estimate of drug-likeness (QED) is 0.191. The van der Waals surface area contributed by atoms with Crippen LogP contribution in [0.3, 0.4) is 0 Å². The van der Waals surface area contributed by atoms with E-state index in [1.54, 1.807) is 6.92 Å². The van der Waals surface area contributed by atoms with Crippen molar-refractivity contribution in [3.63, 3.8) is 0 Å². The molecular formula is C20H32N6O5. The Balaban J connectivity index is 1.59. The van der Waals surface area contributed by atoms with Crippen LogP contribution in [0, 0.1) is 16.0 Å². The SMILES string of the molecule is C[C@H](NC(=O)CCCC1CCCC(O)[C@@H]1N)C(=O)NCCNc1ccc([N+](=O)[O-])cn1. The standard InChI is InChI=1S/C20H32N6O5/c1-13(25-18(28)7-3-5-14-4-2-6-16(27)19(14)21)20(29)23-11-10-22-17-9-8-15(12-24-17)26(30)31/h8-9,12-14,16,19,27H,2-7,10-11,21H2,1H3,(H,22,24)(H,23,29)(H,25,28)/t13-,14?,16?,19+/m0/s1. The first kappa shape index (κ1) is 24.5. The van der Waals surface area contributed by atoms with Gasteiger partial charge in [-0.25, -0.2) is 4.98 Å². The first-order valence-corrected chi connectivity index (χ1v) is 10.6. The molecule has 1 saturated carbocycles. The van der Waals surface area contributed by atoms with Crippen molar-refractivity contribution in [2.75, 3.05) is 18.4 Å². The zero-order valence-corrected chi connectivity index (χ0v) is 17.8. The third-order valence-corrected chi connectivity index (χ3v) is 5.50. The molecule has 0 radical (unpaired) electrons. The molecule has 0 aliphatic heterocycles. The second-order valence-electron chi connectivity index (χ2n) is 7.89. The van der Waals surface area contributed by atoms with Crippen LogP contribution in [0.15, 0.2) is 18.3 Å². The van der Waals surface area contributed by atoms with Gasteiger partial charge in [-0.05, 0) is 44.6 Å². The summed E-state index contributed by atoms with van der Waals surface area (Å²) in [7, 11) is 0. The van der Waals surface area contributed by atoms with E-state index >= 15 is 0 Å². The lowest BCUT2D eigenvalue weighted by molar-refractivity contribution is -0.385. The maximum atomic E-state index is 12.1. The minimum absolute atomic E-state index is 0.0948. The van der Waals surface area contributed by atoms with E-state index < -0.39 is 17.1 Å². The first-order valence-electron chi connectivity index (χ1n) is 10.6. The molecule has 2 rings (SSSR count). The highest BCUT2D eigenvalue weighted by atomic mass is 16.6. The van der Waals surface area contributed by atoms with Gasteiger partial charge in [0.05, 0.1) is 11.0 Å². The van der Waals surface area contributed by atoms with Crippen molar-refractivity contribution in [3.8, 4) is 0 Å². The number of aliphatic hydroxyl groups is 1.